The number of rotatable bonds is 30. The Bertz CT molecular complexity index is 1830. The minimum Gasteiger partial charge on any atom is -0.550 e. The van der Waals surface area contributed by atoms with Crippen LogP contribution in [0.15, 0.2) is 0 Å². The summed E-state index contributed by atoms with van der Waals surface area (Å²) in [4.78, 5) is 180. The third-order valence-electron chi connectivity index (χ3n) is 7.52. The van der Waals surface area contributed by atoms with Gasteiger partial charge in [0.05, 0.1) is 35.8 Å². The Balaban J connectivity index is -0.0000000284. The molecular formula is C36H30Na18O42. The van der Waals surface area contributed by atoms with Gasteiger partial charge in [0.25, 0.3) is 0 Å². The quantitative estimate of drug-likeness (QED) is 0.0364. The zero-order valence-electron chi connectivity index (χ0n) is 55.9. The monoisotopic (exact) mass is 1550 g/mol. The van der Waals surface area contributed by atoms with E-state index in [1.807, 2.05) is 0 Å². The van der Waals surface area contributed by atoms with Crippen LogP contribution >= 0.6 is 0 Å². The maximum absolute atomic E-state index is 10.1. The van der Waals surface area contributed by atoms with Gasteiger partial charge in [0, 0.05) is 149 Å². The second-order valence-corrected chi connectivity index (χ2v) is 14.5. The van der Waals surface area contributed by atoms with Gasteiger partial charge in [-0.3, -0.25) is 0 Å². The van der Waals surface area contributed by atoms with Gasteiger partial charge in [-0.1, -0.05) is 0 Å². The topological polar surface area (TPSA) is 844 Å². The summed E-state index contributed by atoms with van der Waals surface area (Å²) in [5.41, 5.74) is -17.8. The van der Waals surface area contributed by atoms with Gasteiger partial charge in [0.2, 0.25) is 0 Å². The molecule has 0 heterocycles. The minimum absolute atomic E-state index is 0. The van der Waals surface area contributed by atoms with Crippen molar-refractivity contribution in [2.45, 2.75) is 111 Å². The minimum atomic E-state index is -2.97. The van der Waals surface area contributed by atoms with Gasteiger partial charge >= 0.3 is 532 Å². The normalized spacial score (nSPS) is 8.81. The Morgan fingerprint density at radius 3 is 0.208 bits per heavy atom. The molecule has 6 N–H and O–H groups in total. The molecule has 0 aliphatic heterocycles. The van der Waals surface area contributed by atoms with Crippen LogP contribution in [0.1, 0.15) is 77.0 Å². The number of aliphatic carboxylic acids is 18. The first-order chi connectivity index (χ1) is 34.7. The van der Waals surface area contributed by atoms with Crippen LogP contribution in [0, 0.1) is 0 Å². The Morgan fingerprint density at radius 2 is 0.188 bits per heavy atom. The average molecular weight is 1550 g/mol. The molecule has 0 spiro atoms. The molecule has 0 saturated heterocycles. The van der Waals surface area contributed by atoms with Gasteiger partial charge in [0.1, 0.15) is 33.6 Å². The third-order valence-corrected chi connectivity index (χ3v) is 7.52. The fourth-order valence-electron chi connectivity index (χ4n) is 4.11. The van der Waals surface area contributed by atoms with E-state index in [9.17, 15) is 178 Å². The number of carbonyl (C=O) groups excluding carboxylic acids is 18. The van der Waals surface area contributed by atoms with Crippen molar-refractivity contribution in [1.29, 1.82) is 0 Å². The number of carbonyl (C=O) groups is 18. The molecule has 0 aromatic rings. The molecule has 0 aromatic carbocycles. The summed E-state index contributed by atoms with van der Waals surface area (Å²) in [6.07, 6.45) is -16.3. The van der Waals surface area contributed by atoms with Gasteiger partial charge in [-0.2, -0.15) is 0 Å². The van der Waals surface area contributed by atoms with E-state index in [1.165, 1.54) is 0 Å². The maximum Gasteiger partial charge on any atom is 1.00 e. The van der Waals surface area contributed by atoms with Crippen molar-refractivity contribution in [2.75, 3.05) is 0 Å². The zero-order chi connectivity index (χ0) is 63.9. The Kier molecular flexibility index (Phi) is 160. The fraction of sp³-hybridized carbons (Fsp3) is 0.500. The van der Waals surface area contributed by atoms with Crippen molar-refractivity contribution in [3.8, 4) is 0 Å². The molecule has 96 heavy (non-hydrogen) atoms. The Morgan fingerprint density at radius 1 is 0.146 bits per heavy atom. The second kappa shape index (κ2) is 88.8. The first-order valence-electron chi connectivity index (χ1n) is 18.7. The zero-order valence-corrected chi connectivity index (χ0v) is 91.9. The predicted octanol–water partition coefficient (Wildman–Crippen LogP) is -85.4. The van der Waals surface area contributed by atoms with Gasteiger partial charge in [-0.25, -0.2) is 0 Å². The average Bonchev–Trinajstić information content (AvgIpc) is 3.15. The molecule has 0 rings (SSSR count). The van der Waals surface area contributed by atoms with Gasteiger partial charge in [0.15, 0.2) is 0 Å². The van der Waals surface area contributed by atoms with Crippen molar-refractivity contribution in [3.05, 3.63) is 0 Å². The molecular weight excluding hydrogens is 1520 g/mol. The molecule has 0 amide bonds. The molecule has 0 bridgehead atoms. The van der Waals surface area contributed by atoms with Crippen LogP contribution in [0.2, 0.25) is 0 Å². The molecule has 60 heteroatoms. The molecule has 0 aliphatic carbocycles. The van der Waals surface area contributed by atoms with Gasteiger partial charge < -0.3 is 209 Å². The van der Waals surface area contributed by atoms with E-state index in [0.29, 0.717) is 0 Å². The number of hydrogen-bond donors (Lipinski definition) is 6. The molecule has 0 radical (unpaired) electrons. The van der Waals surface area contributed by atoms with Gasteiger partial charge in [-0.15, -0.1) is 0 Å². The molecule has 444 valence electrons. The van der Waals surface area contributed by atoms with Crippen LogP contribution in [-0.2, 0) is 86.3 Å². The number of carboxylic acids is 18. The second-order valence-electron chi connectivity index (χ2n) is 14.5. The largest absolute Gasteiger partial charge is 1.00 e. The fourth-order valence-corrected chi connectivity index (χ4v) is 4.11. The van der Waals surface area contributed by atoms with Crippen molar-refractivity contribution < 1.29 is 741 Å². The Hall–Kier alpha value is 8.22. The maximum atomic E-state index is 10.1. The van der Waals surface area contributed by atoms with Crippen molar-refractivity contribution in [1.82, 2.24) is 0 Å². The van der Waals surface area contributed by atoms with Crippen LogP contribution < -0.4 is 624 Å². The molecule has 0 fully saturated rings. The van der Waals surface area contributed by atoms with E-state index in [1.54, 1.807) is 0 Å². The predicted molar refractivity (Wildman–Crippen MR) is 175 cm³/mol. The van der Waals surface area contributed by atoms with Crippen LogP contribution in [0.25, 0.3) is 0 Å². The van der Waals surface area contributed by atoms with Crippen molar-refractivity contribution in [2.24, 2.45) is 0 Å². The summed E-state index contributed by atoms with van der Waals surface area (Å²) in [6.45, 7) is 0. The van der Waals surface area contributed by atoms with Crippen molar-refractivity contribution in [3.63, 3.8) is 0 Å². The van der Waals surface area contributed by atoms with Crippen LogP contribution in [-0.4, -0.2) is 172 Å². The summed E-state index contributed by atoms with van der Waals surface area (Å²) < 4.78 is 0. The SMILES string of the molecule is O=C([O-])CC(O)(CC(=O)[O-])C(=O)[O-].O=C([O-])CC(O)(CC(=O)[O-])C(=O)[O-].O=C([O-])CC(O)(CC(=O)[O-])C(=O)[O-].O=C([O-])CC(O)(CC(=O)[O-])C(=O)[O-].O=C([O-])CC(O)(CC(=O)[O-])C(=O)[O-].O=C([O-])CC(O)(CC(=O)[O-])C(=O)[O-].[Na+].[Na+].[Na+].[Na+].[Na+].[Na+].[Na+].[Na+].[Na+].[Na+].[Na+].[Na+].[Na+].[Na+].[Na+].[Na+].[Na+].[Na+]. The van der Waals surface area contributed by atoms with E-state index in [2.05, 4.69) is 0 Å². The van der Waals surface area contributed by atoms with Crippen LogP contribution in [0.3, 0.4) is 0 Å². The van der Waals surface area contributed by atoms with Crippen LogP contribution in [0.4, 0.5) is 0 Å². The van der Waals surface area contributed by atoms with E-state index in [4.69, 9.17) is 30.6 Å². The molecule has 0 aliphatic rings. The standard InChI is InChI=1S/6C6H8O7.18Na/c6*7-3(8)1-6(13,5(11)12)2-4(9)10;;;;;;;;;;;;;;;;;;/h6*13H,1-2H2,(H,7,8)(H,9,10)(H,11,12);;;;;;;;;;;;;;;;;;/q;;;;;;18*+1/p-18. The van der Waals surface area contributed by atoms with E-state index in [0.717, 1.165) is 0 Å². The summed E-state index contributed by atoms with van der Waals surface area (Å²) in [6, 6.07) is 0. The number of hydrogen-bond acceptors (Lipinski definition) is 42. The van der Waals surface area contributed by atoms with E-state index >= 15 is 0 Å². The summed E-state index contributed by atoms with van der Waals surface area (Å²) in [5, 5.41) is 234. The summed E-state index contributed by atoms with van der Waals surface area (Å²) in [7, 11) is 0. The molecule has 0 saturated carbocycles. The summed E-state index contributed by atoms with van der Waals surface area (Å²) >= 11 is 0. The van der Waals surface area contributed by atoms with Crippen molar-refractivity contribution >= 4 is 107 Å². The molecule has 0 unspecified atom stereocenters. The van der Waals surface area contributed by atoms with E-state index < -0.39 is 218 Å². The summed E-state index contributed by atoms with van der Waals surface area (Å²) in [5.74, 6) is -35.9. The molecule has 42 nitrogen and oxygen atoms in total. The Labute approximate surface area is 938 Å². The smallest absolute Gasteiger partial charge is 0.550 e. The van der Waals surface area contributed by atoms with E-state index in [-0.39, 0.29) is 532 Å². The molecule has 0 atom stereocenters. The van der Waals surface area contributed by atoms with Crippen LogP contribution in [0.5, 0.6) is 0 Å². The van der Waals surface area contributed by atoms with Gasteiger partial charge in [-0.05, 0) is 0 Å². The number of aliphatic hydroxyl groups is 6. The first kappa shape index (κ1) is 173. The number of carboxylic acid groups (broad SMARTS) is 18. The molecule has 0 aromatic heterocycles. The first-order valence-corrected chi connectivity index (χ1v) is 18.7. The third kappa shape index (κ3) is 96.4.